The maximum Gasteiger partial charge on any atom is 0.0990 e. The van der Waals surface area contributed by atoms with Gasteiger partial charge in [-0.25, -0.2) is 0 Å². The number of carboxylic acids is 1. The van der Waals surface area contributed by atoms with Crippen LogP contribution in [0.5, 0.6) is 0 Å². The van der Waals surface area contributed by atoms with E-state index in [4.69, 9.17) is 0 Å². The third-order valence-electron chi connectivity index (χ3n) is 4.84. The maximum atomic E-state index is 10.9. The highest BCUT2D eigenvalue weighted by Crippen LogP contribution is 2.65. The number of alkyl halides is 1. The van der Waals surface area contributed by atoms with E-state index >= 15 is 0 Å². The molecular formula is C12H16BrO3-. The lowest BCUT2D eigenvalue weighted by molar-refractivity contribution is -0.323. The van der Waals surface area contributed by atoms with Gasteiger partial charge in [-0.3, -0.25) is 0 Å². The van der Waals surface area contributed by atoms with Gasteiger partial charge in [0.1, 0.15) is 0 Å². The van der Waals surface area contributed by atoms with Crippen LogP contribution in [-0.2, 0) is 4.79 Å². The zero-order chi connectivity index (χ0) is 11.6. The third kappa shape index (κ3) is 1.46. The van der Waals surface area contributed by atoms with Gasteiger partial charge in [0.2, 0.25) is 0 Å². The standard InChI is InChI=1S/C12H17BrO3/c13-12-4-7-1-8(5-12)3-11(2-7,6-12)9(14)10(15)16/h7-9,14H,1-6H2,(H,15,16)/p-1. The van der Waals surface area contributed by atoms with Crippen molar-refractivity contribution in [3.63, 3.8) is 0 Å². The van der Waals surface area contributed by atoms with Crippen molar-refractivity contribution in [3.8, 4) is 0 Å². The number of carbonyl (C=O) groups is 1. The number of hydrogen-bond acceptors (Lipinski definition) is 3. The Morgan fingerprint density at radius 2 is 1.88 bits per heavy atom. The molecule has 0 spiro atoms. The van der Waals surface area contributed by atoms with Crippen LogP contribution in [-0.4, -0.2) is 21.5 Å². The molecule has 4 rings (SSSR count). The summed E-state index contributed by atoms with van der Waals surface area (Å²) in [7, 11) is 0. The first-order valence-corrected chi connectivity index (χ1v) is 6.80. The summed E-state index contributed by atoms with van der Waals surface area (Å²) in [6.45, 7) is 0. The largest absolute Gasteiger partial charge is 0.547 e. The summed E-state index contributed by atoms with van der Waals surface area (Å²) in [5.41, 5.74) is -0.410. The van der Waals surface area contributed by atoms with E-state index in [0.717, 1.165) is 32.1 Å². The molecule has 3 unspecified atom stereocenters. The highest BCUT2D eigenvalue weighted by molar-refractivity contribution is 9.10. The van der Waals surface area contributed by atoms with Crippen molar-refractivity contribution in [2.45, 2.75) is 49.0 Å². The molecule has 4 fully saturated rings. The van der Waals surface area contributed by atoms with Crippen LogP contribution in [0.3, 0.4) is 0 Å². The van der Waals surface area contributed by atoms with Crippen molar-refractivity contribution in [1.82, 2.24) is 0 Å². The summed E-state index contributed by atoms with van der Waals surface area (Å²) in [6.07, 6.45) is 4.75. The van der Waals surface area contributed by atoms with Crippen LogP contribution < -0.4 is 5.11 Å². The monoisotopic (exact) mass is 287 g/mol. The van der Waals surface area contributed by atoms with Gasteiger partial charge in [0.05, 0.1) is 12.1 Å². The molecule has 4 aliphatic rings. The number of halogens is 1. The molecule has 0 aromatic rings. The lowest BCUT2D eigenvalue weighted by Crippen LogP contribution is -2.60. The molecule has 4 saturated carbocycles. The second-order valence-corrected chi connectivity index (χ2v) is 7.88. The molecule has 3 atom stereocenters. The molecule has 0 amide bonds. The van der Waals surface area contributed by atoms with Crippen LogP contribution in [0.25, 0.3) is 0 Å². The molecule has 4 bridgehead atoms. The minimum absolute atomic E-state index is 0.0908. The van der Waals surface area contributed by atoms with E-state index in [-0.39, 0.29) is 4.32 Å². The zero-order valence-corrected chi connectivity index (χ0v) is 10.7. The first-order chi connectivity index (χ1) is 7.42. The fourth-order valence-electron chi connectivity index (χ4n) is 4.79. The molecular weight excluding hydrogens is 272 g/mol. The van der Waals surface area contributed by atoms with E-state index in [1.54, 1.807) is 0 Å². The Morgan fingerprint density at radius 3 is 2.31 bits per heavy atom. The fraction of sp³-hybridized carbons (Fsp3) is 0.917. The SMILES string of the molecule is O=C([O-])C(O)C12CC3CC(CC(Br)(C3)C1)C2. The Kier molecular flexibility index (Phi) is 2.22. The van der Waals surface area contributed by atoms with Gasteiger partial charge >= 0.3 is 0 Å². The van der Waals surface area contributed by atoms with Gasteiger partial charge in [-0.2, -0.15) is 0 Å². The Labute approximate surface area is 103 Å². The number of aliphatic hydroxyl groups excluding tert-OH is 1. The second kappa shape index (κ2) is 3.22. The Bertz CT molecular complexity index is 327. The zero-order valence-electron chi connectivity index (χ0n) is 9.12. The van der Waals surface area contributed by atoms with Crippen molar-refractivity contribution in [1.29, 1.82) is 0 Å². The predicted molar refractivity (Wildman–Crippen MR) is 59.8 cm³/mol. The summed E-state index contributed by atoms with van der Waals surface area (Å²) < 4.78 is 0.0908. The highest BCUT2D eigenvalue weighted by atomic mass is 79.9. The quantitative estimate of drug-likeness (QED) is 0.766. The number of aliphatic carboxylic acids is 1. The average Bonchev–Trinajstić information content (AvgIpc) is 2.12. The second-order valence-electron chi connectivity index (χ2n) is 6.20. The smallest absolute Gasteiger partial charge is 0.0990 e. The number of carbonyl (C=O) groups excluding carboxylic acids is 1. The summed E-state index contributed by atoms with van der Waals surface area (Å²) in [4.78, 5) is 10.9. The molecule has 4 aliphatic carbocycles. The van der Waals surface area contributed by atoms with E-state index in [9.17, 15) is 15.0 Å². The number of hydrogen-bond donors (Lipinski definition) is 1. The normalized spacial score (nSPS) is 51.6. The van der Waals surface area contributed by atoms with Crippen LogP contribution in [0.4, 0.5) is 0 Å². The summed E-state index contributed by atoms with van der Waals surface area (Å²) in [5.74, 6) is -0.109. The van der Waals surface area contributed by atoms with E-state index in [1.165, 1.54) is 6.42 Å². The molecule has 0 heterocycles. The van der Waals surface area contributed by atoms with Gasteiger partial charge in [-0.05, 0) is 50.4 Å². The molecule has 0 aliphatic heterocycles. The third-order valence-corrected chi connectivity index (χ3v) is 5.77. The molecule has 90 valence electrons. The van der Waals surface area contributed by atoms with Crippen LogP contribution in [0.2, 0.25) is 0 Å². The fourth-order valence-corrected chi connectivity index (χ4v) is 6.26. The highest BCUT2D eigenvalue weighted by Gasteiger charge is 2.59. The first kappa shape index (κ1) is 11.0. The van der Waals surface area contributed by atoms with Crippen molar-refractivity contribution in [2.24, 2.45) is 17.3 Å². The van der Waals surface area contributed by atoms with Crippen LogP contribution in [0.1, 0.15) is 38.5 Å². The average molecular weight is 288 g/mol. The van der Waals surface area contributed by atoms with Crippen molar-refractivity contribution in [3.05, 3.63) is 0 Å². The predicted octanol–water partition coefficient (Wildman–Crippen LogP) is 0.831. The first-order valence-electron chi connectivity index (χ1n) is 6.00. The van der Waals surface area contributed by atoms with Crippen molar-refractivity contribution < 1.29 is 15.0 Å². The minimum atomic E-state index is -1.29. The van der Waals surface area contributed by atoms with Crippen molar-refractivity contribution in [2.75, 3.05) is 0 Å². The van der Waals surface area contributed by atoms with Gasteiger partial charge in [0, 0.05) is 9.74 Å². The molecule has 0 radical (unpaired) electrons. The number of rotatable bonds is 2. The van der Waals surface area contributed by atoms with E-state index < -0.39 is 17.5 Å². The molecule has 0 saturated heterocycles. The lowest BCUT2D eigenvalue weighted by Gasteiger charge is -2.61. The van der Waals surface area contributed by atoms with E-state index in [0.29, 0.717) is 11.8 Å². The van der Waals surface area contributed by atoms with E-state index in [1.807, 2.05) is 0 Å². The Hall–Kier alpha value is -0.0900. The van der Waals surface area contributed by atoms with Crippen LogP contribution in [0, 0.1) is 17.3 Å². The van der Waals surface area contributed by atoms with Crippen molar-refractivity contribution >= 4 is 21.9 Å². The van der Waals surface area contributed by atoms with Crippen LogP contribution >= 0.6 is 15.9 Å². The summed E-state index contributed by atoms with van der Waals surface area (Å²) >= 11 is 3.79. The Balaban J connectivity index is 1.94. The van der Waals surface area contributed by atoms with Gasteiger partial charge in [0.15, 0.2) is 0 Å². The van der Waals surface area contributed by atoms with Crippen LogP contribution in [0.15, 0.2) is 0 Å². The summed E-state index contributed by atoms with van der Waals surface area (Å²) in [6, 6.07) is 0. The van der Waals surface area contributed by atoms with Gasteiger partial charge in [0.25, 0.3) is 0 Å². The molecule has 0 aromatic heterocycles. The summed E-state index contributed by atoms with van der Waals surface area (Å²) in [5, 5.41) is 20.9. The van der Waals surface area contributed by atoms with Gasteiger partial charge < -0.3 is 15.0 Å². The number of aliphatic hydroxyl groups is 1. The minimum Gasteiger partial charge on any atom is -0.547 e. The molecule has 3 nitrogen and oxygen atoms in total. The van der Waals surface area contributed by atoms with Gasteiger partial charge in [-0.1, -0.05) is 15.9 Å². The molecule has 4 heteroatoms. The van der Waals surface area contributed by atoms with Gasteiger partial charge in [-0.15, -0.1) is 0 Å². The van der Waals surface area contributed by atoms with E-state index in [2.05, 4.69) is 15.9 Å². The Morgan fingerprint density at radius 1 is 1.31 bits per heavy atom. The lowest BCUT2D eigenvalue weighted by atomic mass is 9.48. The molecule has 1 N–H and O–H groups in total. The maximum absolute atomic E-state index is 10.9. The molecule has 0 aromatic carbocycles. The topological polar surface area (TPSA) is 60.4 Å². The molecule has 16 heavy (non-hydrogen) atoms. The number of carboxylic acid groups (broad SMARTS) is 1.